The van der Waals surface area contributed by atoms with E-state index in [9.17, 15) is 18.3 Å². The number of aromatic hydroxyl groups is 1. The monoisotopic (exact) mass is 301 g/mol. The van der Waals surface area contributed by atoms with Crippen molar-refractivity contribution in [2.24, 2.45) is 0 Å². The minimum atomic E-state index is -3.77. The maximum atomic E-state index is 12.2. The summed E-state index contributed by atoms with van der Waals surface area (Å²) in [6, 6.07) is 3.17. The number of sulfonamides is 1. The Morgan fingerprint density at radius 3 is 2.85 bits per heavy atom. The highest BCUT2D eigenvalue weighted by Crippen LogP contribution is 2.22. The molecule has 0 saturated carbocycles. The molecule has 0 spiro atoms. The second kappa shape index (κ2) is 5.78. The van der Waals surface area contributed by atoms with E-state index < -0.39 is 16.0 Å². The topological polar surface area (TPSA) is 102 Å². The number of ether oxygens (including phenoxy) is 2. The number of phenols is 1. The number of rotatable bonds is 4. The van der Waals surface area contributed by atoms with Gasteiger partial charge in [-0.25, -0.2) is 17.9 Å². The highest BCUT2D eigenvalue weighted by Gasteiger charge is 2.25. The number of nitrogens with one attached hydrogen (secondary N) is 1. The zero-order valence-electron chi connectivity index (χ0n) is 10.8. The molecule has 2 rings (SSSR count). The van der Waals surface area contributed by atoms with Crippen molar-refractivity contribution in [3.63, 3.8) is 0 Å². The second-order valence-electron chi connectivity index (χ2n) is 4.35. The van der Waals surface area contributed by atoms with E-state index in [0.29, 0.717) is 19.6 Å². The Bertz CT molecular complexity index is 606. The van der Waals surface area contributed by atoms with E-state index >= 15 is 0 Å². The lowest BCUT2D eigenvalue weighted by Crippen LogP contribution is -2.35. The van der Waals surface area contributed by atoms with Gasteiger partial charge in [0.1, 0.15) is 11.3 Å². The number of carbonyl (C=O) groups is 1. The molecule has 1 heterocycles. The molecule has 0 amide bonds. The van der Waals surface area contributed by atoms with E-state index in [4.69, 9.17) is 4.74 Å². The summed E-state index contributed by atoms with van der Waals surface area (Å²) in [5, 5.41) is 9.55. The zero-order chi connectivity index (χ0) is 14.8. The van der Waals surface area contributed by atoms with Gasteiger partial charge in [-0.3, -0.25) is 0 Å². The number of esters is 1. The van der Waals surface area contributed by atoms with E-state index in [1.54, 1.807) is 0 Å². The lowest BCUT2D eigenvalue weighted by molar-refractivity contribution is 0.0597. The van der Waals surface area contributed by atoms with Crippen molar-refractivity contribution in [2.75, 3.05) is 20.3 Å². The number of methoxy groups -OCH3 is 1. The molecular weight excluding hydrogens is 286 g/mol. The summed E-state index contributed by atoms with van der Waals surface area (Å²) in [7, 11) is -2.62. The maximum absolute atomic E-state index is 12.2. The van der Waals surface area contributed by atoms with Crippen LogP contribution in [0, 0.1) is 0 Å². The molecule has 8 heteroatoms. The zero-order valence-corrected chi connectivity index (χ0v) is 11.6. The van der Waals surface area contributed by atoms with Crippen LogP contribution in [0.1, 0.15) is 16.8 Å². The minimum absolute atomic E-state index is 0.109. The predicted molar refractivity (Wildman–Crippen MR) is 69.0 cm³/mol. The van der Waals surface area contributed by atoms with Gasteiger partial charge in [0, 0.05) is 12.6 Å². The smallest absolute Gasteiger partial charge is 0.341 e. The largest absolute Gasteiger partial charge is 0.507 e. The molecular formula is C12H15NO6S. The normalized spacial score (nSPS) is 18.9. The first-order valence-corrected chi connectivity index (χ1v) is 7.44. The van der Waals surface area contributed by atoms with Crippen LogP contribution >= 0.6 is 0 Å². The Labute approximate surface area is 116 Å². The number of benzene rings is 1. The highest BCUT2D eigenvalue weighted by atomic mass is 32.2. The van der Waals surface area contributed by atoms with Crippen LogP contribution < -0.4 is 4.72 Å². The number of carbonyl (C=O) groups excluding carboxylic acids is 1. The molecule has 1 saturated heterocycles. The molecule has 110 valence electrons. The van der Waals surface area contributed by atoms with Gasteiger partial charge in [-0.05, 0) is 24.6 Å². The molecule has 1 fully saturated rings. The molecule has 1 aliphatic rings. The molecule has 1 aromatic carbocycles. The summed E-state index contributed by atoms with van der Waals surface area (Å²) in [4.78, 5) is 11.3. The Morgan fingerprint density at radius 1 is 1.50 bits per heavy atom. The molecule has 0 radical (unpaired) electrons. The molecule has 1 aromatic rings. The van der Waals surface area contributed by atoms with E-state index in [-0.39, 0.29) is 22.3 Å². The van der Waals surface area contributed by atoms with Crippen molar-refractivity contribution < 1.29 is 27.8 Å². The second-order valence-corrected chi connectivity index (χ2v) is 6.07. The number of hydrogen-bond acceptors (Lipinski definition) is 6. The maximum Gasteiger partial charge on any atom is 0.341 e. The van der Waals surface area contributed by atoms with Crippen molar-refractivity contribution in [3.05, 3.63) is 23.8 Å². The highest BCUT2D eigenvalue weighted by molar-refractivity contribution is 7.89. The van der Waals surface area contributed by atoms with Crippen LogP contribution in [0.2, 0.25) is 0 Å². The molecule has 1 unspecified atom stereocenters. The van der Waals surface area contributed by atoms with Crippen LogP contribution in [-0.4, -0.2) is 45.9 Å². The fraction of sp³-hybridized carbons (Fsp3) is 0.417. The molecule has 7 nitrogen and oxygen atoms in total. The van der Waals surface area contributed by atoms with E-state index in [1.807, 2.05) is 0 Å². The summed E-state index contributed by atoms with van der Waals surface area (Å²) in [6.07, 6.45) is 0.598. The van der Waals surface area contributed by atoms with Gasteiger partial charge >= 0.3 is 5.97 Å². The summed E-state index contributed by atoms with van der Waals surface area (Å²) in [6.45, 7) is 0.831. The van der Waals surface area contributed by atoms with E-state index in [2.05, 4.69) is 9.46 Å². The van der Waals surface area contributed by atoms with Gasteiger partial charge in [-0.15, -0.1) is 0 Å². The molecule has 1 aliphatic heterocycles. The average Bonchev–Trinajstić information content (AvgIpc) is 2.90. The van der Waals surface area contributed by atoms with Gasteiger partial charge in [-0.2, -0.15) is 0 Å². The van der Waals surface area contributed by atoms with E-state index in [0.717, 1.165) is 19.2 Å². The fourth-order valence-corrected chi connectivity index (χ4v) is 3.15. The third-order valence-electron chi connectivity index (χ3n) is 2.94. The summed E-state index contributed by atoms with van der Waals surface area (Å²) in [5.41, 5.74) is -0.196. The van der Waals surface area contributed by atoms with Gasteiger partial charge in [0.15, 0.2) is 0 Å². The lowest BCUT2D eigenvalue weighted by atomic mass is 10.2. The quantitative estimate of drug-likeness (QED) is 0.773. The summed E-state index contributed by atoms with van der Waals surface area (Å²) in [5.74, 6) is -1.14. The number of hydrogen-bond donors (Lipinski definition) is 2. The standard InChI is InChI=1S/C12H15NO6S/c1-18-12(15)10-6-9(2-3-11(10)14)20(16,17)13-8-4-5-19-7-8/h2-3,6,8,13-14H,4-5,7H2,1H3. The van der Waals surface area contributed by atoms with Crippen LogP contribution in [0.25, 0.3) is 0 Å². The first-order valence-electron chi connectivity index (χ1n) is 5.95. The van der Waals surface area contributed by atoms with E-state index in [1.165, 1.54) is 6.07 Å². The average molecular weight is 301 g/mol. The molecule has 2 N–H and O–H groups in total. The molecule has 1 atom stereocenters. The molecule has 0 bridgehead atoms. The van der Waals surface area contributed by atoms with Crippen LogP contribution in [0.4, 0.5) is 0 Å². The van der Waals surface area contributed by atoms with Crippen LogP contribution in [0.5, 0.6) is 5.75 Å². The Hall–Kier alpha value is -1.64. The first-order chi connectivity index (χ1) is 9.44. The van der Waals surface area contributed by atoms with Crippen LogP contribution in [0.15, 0.2) is 23.1 Å². The van der Waals surface area contributed by atoms with Crippen molar-refractivity contribution in [1.82, 2.24) is 4.72 Å². The predicted octanol–water partition coefficient (Wildman–Crippen LogP) is 0.246. The summed E-state index contributed by atoms with van der Waals surface area (Å²) >= 11 is 0. The molecule has 0 aromatic heterocycles. The van der Waals surface area contributed by atoms with Gasteiger partial charge < -0.3 is 14.6 Å². The Balaban J connectivity index is 2.29. The van der Waals surface area contributed by atoms with Crippen molar-refractivity contribution in [1.29, 1.82) is 0 Å². The third-order valence-corrected chi connectivity index (χ3v) is 4.45. The fourth-order valence-electron chi connectivity index (χ4n) is 1.87. The third kappa shape index (κ3) is 3.09. The van der Waals surface area contributed by atoms with Gasteiger partial charge in [0.25, 0.3) is 0 Å². The molecule has 0 aliphatic carbocycles. The van der Waals surface area contributed by atoms with Gasteiger partial charge in [0.2, 0.25) is 10.0 Å². The van der Waals surface area contributed by atoms with Crippen LogP contribution in [0.3, 0.4) is 0 Å². The van der Waals surface area contributed by atoms with Crippen LogP contribution in [-0.2, 0) is 19.5 Å². The van der Waals surface area contributed by atoms with Crippen molar-refractivity contribution in [2.45, 2.75) is 17.4 Å². The van der Waals surface area contributed by atoms with Crippen molar-refractivity contribution in [3.8, 4) is 5.75 Å². The number of phenolic OH excluding ortho intramolecular Hbond substituents is 1. The Morgan fingerprint density at radius 2 is 2.25 bits per heavy atom. The Kier molecular flexibility index (Phi) is 4.26. The van der Waals surface area contributed by atoms with Gasteiger partial charge in [0.05, 0.1) is 18.6 Å². The van der Waals surface area contributed by atoms with Gasteiger partial charge in [-0.1, -0.05) is 0 Å². The summed E-state index contributed by atoms with van der Waals surface area (Å²) < 4.78 is 36.4. The minimum Gasteiger partial charge on any atom is -0.507 e. The molecule has 20 heavy (non-hydrogen) atoms. The first kappa shape index (κ1) is 14.8. The lowest BCUT2D eigenvalue weighted by Gasteiger charge is -2.12. The SMILES string of the molecule is COC(=O)c1cc(S(=O)(=O)NC2CCOC2)ccc1O. The van der Waals surface area contributed by atoms with Crippen molar-refractivity contribution >= 4 is 16.0 Å².